The van der Waals surface area contributed by atoms with E-state index in [1.807, 2.05) is 0 Å². The fraction of sp³-hybridized carbons (Fsp3) is 0.300. The normalized spacial score (nSPS) is 15.9. The van der Waals surface area contributed by atoms with Gasteiger partial charge in [0.25, 0.3) is 0 Å². The van der Waals surface area contributed by atoms with Gasteiger partial charge in [0.1, 0.15) is 11.6 Å². The Bertz CT molecular complexity index is 835. The zero-order valence-electron chi connectivity index (χ0n) is 15.7. The van der Waals surface area contributed by atoms with Crippen molar-refractivity contribution >= 4 is 24.3 Å². The molecule has 3 N–H and O–H groups in total. The largest absolute Gasteiger partial charge is 0.334 e. The van der Waals surface area contributed by atoms with Crippen molar-refractivity contribution in [1.29, 1.82) is 0 Å². The summed E-state index contributed by atoms with van der Waals surface area (Å²) in [5.74, 6) is -0.941. The molecule has 3 amide bonds. The minimum atomic E-state index is -0.491. The number of amides is 3. The summed E-state index contributed by atoms with van der Waals surface area (Å²) in [6, 6.07) is 11.2. The first-order valence-corrected chi connectivity index (χ1v) is 9.05. The zero-order chi connectivity index (χ0) is 19.9. The molecule has 6 nitrogen and oxygen atoms in total. The molecule has 9 heteroatoms. The molecule has 1 unspecified atom stereocenters. The molecule has 1 fully saturated rings. The highest BCUT2D eigenvalue weighted by molar-refractivity contribution is 5.85. The van der Waals surface area contributed by atoms with Gasteiger partial charge in [-0.2, -0.15) is 0 Å². The van der Waals surface area contributed by atoms with Gasteiger partial charge in [0.2, 0.25) is 5.91 Å². The number of piperazine rings is 1. The number of hydrogen-bond donors (Lipinski definition) is 3. The Balaban J connectivity index is 0.00000300. The van der Waals surface area contributed by atoms with E-state index in [2.05, 4.69) is 16.0 Å². The van der Waals surface area contributed by atoms with Gasteiger partial charge in [-0.25, -0.2) is 13.6 Å². The average Bonchev–Trinajstić information content (AvgIpc) is 2.71. The third kappa shape index (κ3) is 6.40. The Morgan fingerprint density at radius 2 is 1.83 bits per heavy atom. The number of halogens is 3. The van der Waals surface area contributed by atoms with Crippen LogP contribution in [0.15, 0.2) is 48.5 Å². The quantitative estimate of drug-likeness (QED) is 0.690. The number of rotatable bonds is 5. The maximum absolute atomic E-state index is 13.5. The summed E-state index contributed by atoms with van der Waals surface area (Å²) < 4.78 is 26.4. The van der Waals surface area contributed by atoms with Crippen LogP contribution in [0.4, 0.5) is 13.6 Å². The van der Waals surface area contributed by atoms with Crippen LogP contribution in [0, 0.1) is 11.6 Å². The lowest BCUT2D eigenvalue weighted by Crippen LogP contribution is -2.52. The minimum absolute atomic E-state index is 0. The topological polar surface area (TPSA) is 73.5 Å². The first kappa shape index (κ1) is 22.6. The molecule has 0 radical (unpaired) electrons. The summed E-state index contributed by atoms with van der Waals surface area (Å²) in [5.41, 5.74) is 1.46. The SMILES string of the molecule is Cl.O=C(NCC(=O)N1CCNCC1c1cccc(F)c1)NCc1ccc(F)cc1. The number of hydrogen-bond acceptors (Lipinski definition) is 3. The van der Waals surface area contributed by atoms with E-state index >= 15 is 0 Å². The predicted octanol–water partition coefficient (Wildman–Crippen LogP) is 2.36. The van der Waals surface area contributed by atoms with Gasteiger partial charge in [-0.3, -0.25) is 4.79 Å². The van der Waals surface area contributed by atoms with E-state index in [1.165, 1.54) is 24.3 Å². The van der Waals surface area contributed by atoms with Crippen LogP contribution in [0.2, 0.25) is 0 Å². The molecule has 156 valence electrons. The Hall–Kier alpha value is -2.71. The first-order valence-electron chi connectivity index (χ1n) is 9.05. The van der Waals surface area contributed by atoms with Gasteiger partial charge in [-0.1, -0.05) is 24.3 Å². The molecule has 0 spiro atoms. The Morgan fingerprint density at radius 3 is 2.55 bits per heavy atom. The van der Waals surface area contributed by atoms with Crippen LogP contribution in [0.5, 0.6) is 0 Å². The predicted molar refractivity (Wildman–Crippen MR) is 108 cm³/mol. The lowest BCUT2D eigenvalue weighted by Gasteiger charge is -2.36. The van der Waals surface area contributed by atoms with Crippen molar-refractivity contribution in [2.75, 3.05) is 26.2 Å². The molecule has 0 bridgehead atoms. The molecule has 29 heavy (non-hydrogen) atoms. The summed E-state index contributed by atoms with van der Waals surface area (Å²) in [4.78, 5) is 26.2. The number of carbonyl (C=O) groups is 2. The number of nitrogens with one attached hydrogen (secondary N) is 3. The third-order valence-electron chi connectivity index (χ3n) is 4.56. The third-order valence-corrected chi connectivity index (χ3v) is 4.56. The minimum Gasteiger partial charge on any atom is -0.334 e. The fourth-order valence-corrected chi connectivity index (χ4v) is 3.12. The van der Waals surface area contributed by atoms with Gasteiger partial charge in [-0.15, -0.1) is 12.4 Å². The Labute approximate surface area is 174 Å². The van der Waals surface area contributed by atoms with E-state index in [4.69, 9.17) is 0 Å². The molecule has 1 saturated heterocycles. The lowest BCUT2D eigenvalue weighted by atomic mass is 10.0. The van der Waals surface area contributed by atoms with Gasteiger partial charge in [-0.05, 0) is 35.4 Å². The number of carbonyl (C=O) groups excluding carboxylic acids is 2. The van der Waals surface area contributed by atoms with Crippen LogP contribution < -0.4 is 16.0 Å². The zero-order valence-corrected chi connectivity index (χ0v) is 16.5. The van der Waals surface area contributed by atoms with E-state index in [1.54, 1.807) is 29.2 Å². The highest BCUT2D eigenvalue weighted by Gasteiger charge is 2.28. The van der Waals surface area contributed by atoms with E-state index in [-0.39, 0.29) is 49.1 Å². The van der Waals surface area contributed by atoms with Crippen molar-refractivity contribution < 1.29 is 18.4 Å². The molecular weight excluding hydrogens is 402 g/mol. The molecule has 1 aliphatic rings. The molecule has 2 aromatic carbocycles. The monoisotopic (exact) mass is 424 g/mol. The molecular formula is C20H23ClF2N4O2. The van der Waals surface area contributed by atoms with Crippen molar-refractivity contribution in [1.82, 2.24) is 20.9 Å². The van der Waals surface area contributed by atoms with Crippen molar-refractivity contribution in [2.24, 2.45) is 0 Å². The standard InChI is InChI=1S/C20H22F2N4O2.ClH/c21-16-6-4-14(5-7-16)11-24-20(28)25-13-19(27)26-9-8-23-12-18(26)15-2-1-3-17(22)10-15;/h1-7,10,18,23H,8-9,11-13H2,(H2,24,25,28);1H. The van der Waals surface area contributed by atoms with Crippen LogP contribution in [0.25, 0.3) is 0 Å². The Morgan fingerprint density at radius 1 is 1.07 bits per heavy atom. The average molecular weight is 425 g/mol. The van der Waals surface area contributed by atoms with E-state index in [0.29, 0.717) is 25.2 Å². The lowest BCUT2D eigenvalue weighted by molar-refractivity contribution is -0.133. The van der Waals surface area contributed by atoms with Gasteiger partial charge in [0.15, 0.2) is 0 Å². The van der Waals surface area contributed by atoms with E-state index < -0.39 is 6.03 Å². The summed E-state index contributed by atoms with van der Waals surface area (Å²) in [6.07, 6.45) is 0. The first-order chi connectivity index (χ1) is 13.5. The van der Waals surface area contributed by atoms with Crippen LogP contribution in [-0.4, -0.2) is 43.0 Å². The molecule has 0 saturated carbocycles. The van der Waals surface area contributed by atoms with Crippen molar-refractivity contribution in [3.63, 3.8) is 0 Å². The molecule has 0 aliphatic carbocycles. The van der Waals surface area contributed by atoms with Crippen LogP contribution in [0.3, 0.4) is 0 Å². The smallest absolute Gasteiger partial charge is 0.315 e. The molecule has 2 aromatic rings. The summed E-state index contributed by atoms with van der Waals surface area (Å²) >= 11 is 0. The molecule has 0 aromatic heterocycles. The van der Waals surface area contributed by atoms with Crippen LogP contribution in [-0.2, 0) is 11.3 Å². The summed E-state index contributed by atoms with van der Waals surface area (Å²) in [6.45, 7) is 1.68. The maximum atomic E-state index is 13.5. The van der Waals surface area contributed by atoms with E-state index in [0.717, 1.165) is 5.56 Å². The maximum Gasteiger partial charge on any atom is 0.315 e. The highest BCUT2D eigenvalue weighted by Crippen LogP contribution is 2.22. The van der Waals surface area contributed by atoms with E-state index in [9.17, 15) is 18.4 Å². The number of benzene rings is 2. The second-order valence-corrected chi connectivity index (χ2v) is 6.52. The number of urea groups is 1. The van der Waals surface area contributed by atoms with Crippen molar-refractivity contribution in [2.45, 2.75) is 12.6 Å². The van der Waals surface area contributed by atoms with Gasteiger partial charge in [0.05, 0.1) is 12.6 Å². The Kier molecular flexibility index (Phi) is 8.35. The second kappa shape index (κ2) is 10.7. The fourth-order valence-electron chi connectivity index (χ4n) is 3.12. The van der Waals surface area contributed by atoms with Gasteiger partial charge >= 0.3 is 6.03 Å². The second-order valence-electron chi connectivity index (χ2n) is 6.52. The molecule has 1 heterocycles. The summed E-state index contributed by atoms with van der Waals surface area (Å²) in [5, 5.41) is 8.36. The highest BCUT2D eigenvalue weighted by atomic mass is 35.5. The molecule has 3 rings (SSSR count). The molecule has 1 aliphatic heterocycles. The van der Waals surface area contributed by atoms with Crippen LogP contribution >= 0.6 is 12.4 Å². The van der Waals surface area contributed by atoms with Gasteiger partial charge < -0.3 is 20.9 Å². The summed E-state index contributed by atoms with van der Waals surface area (Å²) in [7, 11) is 0. The van der Waals surface area contributed by atoms with Crippen molar-refractivity contribution in [3.8, 4) is 0 Å². The van der Waals surface area contributed by atoms with Crippen molar-refractivity contribution in [3.05, 3.63) is 71.3 Å². The molecule has 1 atom stereocenters. The van der Waals surface area contributed by atoms with Crippen LogP contribution in [0.1, 0.15) is 17.2 Å². The van der Waals surface area contributed by atoms with Gasteiger partial charge in [0, 0.05) is 26.2 Å². The number of nitrogens with zero attached hydrogens (tertiary/aromatic N) is 1.